The molecule has 1 heterocycles. The van der Waals surface area contributed by atoms with Crippen LogP contribution in [0.4, 0.5) is 0 Å². The van der Waals surface area contributed by atoms with Crippen molar-refractivity contribution in [3.63, 3.8) is 0 Å². The highest BCUT2D eigenvalue weighted by Gasteiger charge is 2.53. The van der Waals surface area contributed by atoms with Gasteiger partial charge in [0.15, 0.2) is 0 Å². The van der Waals surface area contributed by atoms with Gasteiger partial charge in [-0.1, -0.05) is 18.2 Å². The Kier molecular flexibility index (Phi) is 1.61. The number of aliphatic carboxylic acids is 1. The van der Waals surface area contributed by atoms with E-state index in [2.05, 4.69) is 0 Å². The fraction of sp³-hybridized carbons (Fsp3) is 0.417. The van der Waals surface area contributed by atoms with Crippen LogP contribution in [-0.2, 0) is 16.6 Å². The fourth-order valence-corrected chi connectivity index (χ4v) is 2.32. The molecule has 15 heavy (non-hydrogen) atoms. The first-order valence-corrected chi connectivity index (χ1v) is 5.23. The number of benzene rings is 1. The van der Waals surface area contributed by atoms with Gasteiger partial charge < -0.3 is 9.84 Å². The largest absolute Gasteiger partial charge is 0.493 e. The molecule has 0 saturated heterocycles. The number of fused-ring (bicyclic) bond motifs is 1. The van der Waals surface area contributed by atoms with Crippen molar-refractivity contribution >= 4 is 5.97 Å². The van der Waals surface area contributed by atoms with E-state index in [-0.39, 0.29) is 0 Å². The Hall–Kier alpha value is -1.51. The molecule has 1 saturated carbocycles. The van der Waals surface area contributed by atoms with E-state index < -0.39 is 11.4 Å². The number of carbonyl (C=O) groups is 1. The molecule has 0 aromatic heterocycles. The summed E-state index contributed by atoms with van der Waals surface area (Å²) < 4.78 is 5.54. The second kappa shape index (κ2) is 2.75. The molecule has 0 spiro atoms. The Morgan fingerprint density at radius 2 is 2.20 bits per heavy atom. The minimum absolute atomic E-state index is 0.643. The number of carboxylic acids is 1. The lowest BCUT2D eigenvalue weighted by molar-refractivity contribution is -0.140. The Bertz CT molecular complexity index is 432. The van der Waals surface area contributed by atoms with Crippen LogP contribution in [0.25, 0.3) is 0 Å². The SMILES string of the molecule is O=C(O)C1(c2cccc3c2OCC3)CC1. The number of ether oxygens (including phenoxy) is 1. The molecule has 1 aliphatic heterocycles. The molecular weight excluding hydrogens is 192 g/mol. The average Bonchev–Trinajstić information content (AvgIpc) is 2.89. The van der Waals surface area contributed by atoms with Crippen molar-refractivity contribution in [3.05, 3.63) is 29.3 Å². The van der Waals surface area contributed by atoms with E-state index >= 15 is 0 Å². The van der Waals surface area contributed by atoms with Gasteiger partial charge >= 0.3 is 5.97 Å². The molecule has 78 valence electrons. The molecule has 1 N–H and O–H groups in total. The zero-order valence-corrected chi connectivity index (χ0v) is 8.32. The molecule has 0 unspecified atom stereocenters. The van der Waals surface area contributed by atoms with Gasteiger partial charge in [0.25, 0.3) is 0 Å². The first kappa shape index (κ1) is 8.77. The smallest absolute Gasteiger partial charge is 0.314 e. The van der Waals surface area contributed by atoms with Gasteiger partial charge in [-0.2, -0.15) is 0 Å². The van der Waals surface area contributed by atoms with Crippen molar-refractivity contribution in [2.24, 2.45) is 0 Å². The monoisotopic (exact) mass is 204 g/mol. The maximum Gasteiger partial charge on any atom is 0.314 e. The quantitative estimate of drug-likeness (QED) is 0.798. The molecule has 3 nitrogen and oxygen atoms in total. The van der Waals surface area contributed by atoms with Crippen LogP contribution in [0, 0.1) is 0 Å². The molecule has 0 bridgehead atoms. The molecule has 1 fully saturated rings. The van der Waals surface area contributed by atoms with Crippen LogP contribution in [0.3, 0.4) is 0 Å². The molecule has 3 heteroatoms. The molecule has 0 atom stereocenters. The van der Waals surface area contributed by atoms with Crippen LogP contribution >= 0.6 is 0 Å². The standard InChI is InChI=1S/C12H12O3/c13-11(14)12(5-6-12)9-3-1-2-8-4-7-15-10(8)9/h1-3H,4-7H2,(H,13,14). The average molecular weight is 204 g/mol. The van der Waals surface area contributed by atoms with E-state index in [1.165, 1.54) is 0 Å². The lowest BCUT2D eigenvalue weighted by Crippen LogP contribution is -2.20. The topological polar surface area (TPSA) is 46.5 Å². The second-order valence-corrected chi connectivity index (χ2v) is 4.28. The van der Waals surface area contributed by atoms with E-state index in [4.69, 9.17) is 4.74 Å². The molecule has 0 amide bonds. The Morgan fingerprint density at radius 1 is 1.40 bits per heavy atom. The van der Waals surface area contributed by atoms with E-state index in [0.29, 0.717) is 6.61 Å². The van der Waals surface area contributed by atoms with Gasteiger partial charge in [-0.15, -0.1) is 0 Å². The van der Waals surface area contributed by atoms with Gasteiger partial charge in [0, 0.05) is 12.0 Å². The third kappa shape index (κ3) is 1.09. The Labute approximate surface area is 87.7 Å². The van der Waals surface area contributed by atoms with Crippen molar-refractivity contribution in [1.29, 1.82) is 0 Å². The van der Waals surface area contributed by atoms with Gasteiger partial charge in [-0.25, -0.2) is 0 Å². The van der Waals surface area contributed by atoms with Crippen LogP contribution in [0.2, 0.25) is 0 Å². The lowest BCUT2D eigenvalue weighted by Gasteiger charge is -2.13. The summed E-state index contributed by atoms with van der Waals surface area (Å²) in [6, 6.07) is 5.85. The predicted octanol–water partition coefficient (Wildman–Crippen LogP) is 1.74. The molecular formula is C12H12O3. The van der Waals surface area contributed by atoms with Gasteiger partial charge in [0.2, 0.25) is 0 Å². The zero-order valence-electron chi connectivity index (χ0n) is 8.32. The van der Waals surface area contributed by atoms with Gasteiger partial charge in [0.1, 0.15) is 5.75 Å². The molecule has 1 aliphatic carbocycles. The second-order valence-electron chi connectivity index (χ2n) is 4.28. The lowest BCUT2D eigenvalue weighted by atomic mass is 9.93. The maximum absolute atomic E-state index is 11.2. The van der Waals surface area contributed by atoms with Crippen molar-refractivity contribution in [3.8, 4) is 5.75 Å². The molecule has 1 aromatic rings. The Morgan fingerprint density at radius 3 is 2.87 bits per heavy atom. The van der Waals surface area contributed by atoms with E-state index in [9.17, 15) is 9.90 Å². The van der Waals surface area contributed by atoms with Crippen LogP contribution in [0.5, 0.6) is 5.75 Å². The number of hydrogen-bond acceptors (Lipinski definition) is 2. The summed E-state index contributed by atoms with van der Waals surface area (Å²) in [4.78, 5) is 11.2. The minimum Gasteiger partial charge on any atom is -0.493 e. The van der Waals surface area contributed by atoms with Crippen molar-refractivity contribution in [1.82, 2.24) is 0 Å². The predicted molar refractivity (Wildman–Crippen MR) is 54.2 cm³/mol. The van der Waals surface area contributed by atoms with Crippen molar-refractivity contribution in [2.75, 3.05) is 6.61 Å². The van der Waals surface area contributed by atoms with E-state index in [1.54, 1.807) is 0 Å². The molecule has 3 rings (SSSR count). The highest BCUT2D eigenvalue weighted by Crippen LogP contribution is 2.52. The number of rotatable bonds is 2. The number of hydrogen-bond donors (Lipinski definition) is 1. The highest BCUT2D eigenvalue weighted by molar-refractivity contribution is 5.86. The van der Waals surface area contributed by atoms with Gasteiger partial charge in [0.05, 0.1) is 12.0 Å². The number of para-hydroxylation sites is 1. The summed E-state index contributed by atoms with van der Waals surface area (Å²) in [7, 11) is 0. The summed E-state index contributed by atoms with van der Waals surface area (Å²) in [6.07, 6.45) is 2.38. The van der Waals surface area contributed by atoms with Gasteiger partial charge in [-0.3, -0.25) is 4.79 Å². The highest BCUT2D eigenvalue weighted by atomic mass is 16.5. The minimum atomic E-state index is -0.716. The molecule has 2 aliphatic rings. The first-order chi connectivity index (χ1) is 7.24. The summed E-state index contributed by atoms with van der Waals surface area (Å²) in [5, 5.41) is 9.23. The van der Waals surface area contributed by atoms with Crippen LogP contribution in [0.1, 0.15) is 24.0 Å². The van der Waals surface area contributed by atoms with E-state index in [0.717, 1.165) is 36.1 Å². The summed E-state index contributed by atoms with van der Waals surface area (Å²) >= 11 is 0. The molecule has 0 radical (unpaired) electrons. The van der Waals surface area contributed by atoms with Crippen molar-refractivity contribution < 1.29 is 14.6 Å². The summed E-state index contributed by atoms with van der Waals surface area (Å²) in [6.45, 7) is 0.683. The van der Waals surface area contributed by atoms with E-state index in [1.807, 2.05) is 18.2 Å². The van der Waals surface area contributed by atoms with Gasteiger partial charge in [-0.05, 0) is 18.4 Å². The maximum atomic E-state index is 11.2. The van der Waals surface area contributed by atoms with Crippen LogP contribution in [-0.4, -0.2) is 17.7 Å². The van der Waals surface area contributed by atoms with Crippen LogP contribution < -0.4 is 4.74 Å². The zero-order chi connectivity index (χ0) is 10.5. The third-order valence-corrected chi connectivity index (χ3v) is 3.39. The van der Waals surface area contributed by atoms with Crippen LogP contribution in [0.15, 0.2) is 18.2 Å². The summed E-state index contributed by atoms with van der Waals surface area (Å²) in [5.41, 5.74) is 1.39. The first-order valence-electron chi connectivity index (χ1n) is 5.23. The third-order valence-electron chi connectivity index (χ3n) is 3.39. The Balaban J connectivity index is 2.13. The van der Waals surface area contributed by atoms with Crippen molar-refractivity contribution in [2.45, 2.75) is 24.7 Å². The normalized spacial score (nSPS) is 20.5. The summed E-state index contributed by atoms with van der Waals surface area (Å²) in [5.74, 6) is 0.115. The molecule has 1 aromatic carbocycles. The fourth-order valence-electron chi connectivity index (χ4n) is 2.32. The number of carboxylic acid groups (broad SMARTS) is 1.